The zero-order valence-electron chi connectivity index (χ0n) is 26.9. The van der Waals surface area contributed by atoms with Crippen molar-refractivity contribution in [2.45, 2.75) is 28.2 Å². The molecule has 0 saturated heterocycles. The summed E-state index contributed by atoms with van der Waals surface area (Å²) in [6.07, 6.45) is 0. The standard InChI is InChI=1S/C13H16N4O4S.C9H12N2O2.C6H10N2O3S.CH4/c1-4-21-12-11(15-22(20)16-12)14-9-7-5-6-8(10(9)18)13(19)17(2)3;1-11(2)9(13)6-4-3-5-7(10)8(6)12;1-3-10-5-6(11-4-2)8-12(9)7-5;/h5-7,18H,4H2,1-3H3,(H,14,15);3-5,12H,10H2,1-2H3;3-4H2,1-2H3;1H4. The van der Waals surface area contributed by atoms with E-state index in [2.05, 4.69) is 22.9 Å². The number of carbonyl (C=O) groups is 2. The van der Waals surface area contributed by atoms with Crippen molar-refractivity contribution in [3.8, 4) is 11.5 Å². The summed E-state index contributed by atoms with van der Waals surface area (Å²) in [4.78, 5) is 26.2. The van der Waals surface area contributed by atoms with Gasteiger partial charge in [0.1, 0.15) is 0 Å². The normalized spacial score (nSPS) is 14.6. The summed E-state index contributed by atoms with van der Waals surface area (Å²) in [5, 5.41) is 22.5. The number of hydrogen-bond donors (Lipinski definition) is 4. The number of rotatable bonds is 6. The number of aromatic hydroxyl groups is 2. The van der Waals surface area contributed by atoms with Crippen LogP contribution in [0.5, 0.6) is 11.5 Å². The molecule has 0 aliphatic carbocycles. The number of amidine groups is 1. The average molecular weight is 711 g/mol. The van der Waals surface area contributed by atoms with E-state index in [1.54, 1.807) is 59.4 Å². The molecule has 48 heavy (non-hydrogen) atoms. The molecular weight excluding hydrogens is 668 g/mol. The van der Waals surface area contributed by atoms with Gasteiger partial charge in [0.05, 0.1) is 42.3 Å². The van der Waals surface area contributed by atoms with Crippen LogP contribution in [0.3, 0.4) is 0 Å². The predicted molar refractivity (Wildman–Crippen MR) is 188 cm³/mol. The number of benzene rings is 2. The van der Waals surface area contributed by atoms with Crippen LogP contribution in [0, 0.1) is 0 Å². The molecule has 2 aliphatic rings. The molecule has 0 aromatic heterocycles. The lowest BCUT2D eigenvalue weighted by Gasteiger charge is -2.14. The molecule has 2 aliphatic heterocycles. The molecule has 264 valence electrons. The van der Waals surface area contributed by atoms with Gasteiger partial charge in [-0.15, -0.1) is 17.6 Å². The number of phenols is 2. The fourth-order valence-electron chi connectivity index (χ4n) is 3.41. The van der Waals surface area contributed by atoms with Crippen LogP contribution >= 0.6 is 0 Å². The van der Waals surface area contributed by atoms with Gasteiger partial charge in [-0.1, -0.05) is 19.6 Å². The Kier molecular flexibility index (Phi) is 16.7. The minimum atomic E-state index is -1.75. The van der Waals surface area contributed by atoms with Gasteiger partial charge in [0, 0.05) is 28.2 Å². The highest BCUT2D eigenvalue weighted by atomic mass is 32.2. The van der Waals surface area contributed by atoms with Crippen LogP contribution in [0.2, 0.25) is 0 Å². The molecule has 1 atom stereocenters. The third-order valence-corrected chi connectivity index (χ3v) is 6.82. The van der Waals surface area contributed by atoms with Gasteiger partial charge in [-0.2, -0.15) is 0 Å². The third-order valence-electron chi connectivity index (χ3n) is 5.51. The zero-order valence-corrected chi connectivity index (χ0v) is 28.5. The number of nitrogen functional groups attached to an aromatic ring is 1. The number of amides is 2. The molecule has 0 saturated carbocycles. The predicted octanol–water partition coefficient (Wildman–Crippen LogP) is 2.69. The Morgan fingerprint density at radius 2 is 1.15 bits per heavy atom. The second kappa shape index (κ2) is 19.6. The molecule has 0 fully saturated rings. The van der Waals surface area contributed by atoms with E-state index >= 15 is 0 Å². The summed E-state index contributed by atoms with van der Waals surface area (Å²) in [5.74, 6) is -0.259. The monoisotopic (exact) mass is 710 g/mol. The van der Waals surface area contributed by atoms with Gasteiger partial charge < -0.3 is 45.3 Å². The number of nitrogens with zero attached hydrogens (tertiary/aromatic N) is 6. The summed E-state index contributed by atoms with van der Waals surface area (Å²) in [5.41, 5.74) is 6.27. The van der Waals surface area contributed by atoms with E-state index in [0.717, 1.165) is 0 Å². The third kappa shape index (κ3) is 11.3. The molecule has 4 rings (SSSR count). The van der Waals surface area contributed by atoms with Crippen molar-refractivity contribution in [3.05, 3.63) is 47.5 Å². The van der Waals surface area contributed by atoms with Gasteiger partial charge in [-0.3, -0.25) is 9.59 Å². The SMILES string of the molecule is C.CCOC1=NS(=O)N=C1Nc1cccc(C(=O)N(C)C)c1O.CCOC1=NS(=O)N=C1OCC.CN(C)C(=O)c1cccc(N)c1O. The lowest BCUT2D eigenvalue weighted by molar-refractivity contribution is 0.0817. The summed E-state index contributed by atoms with van der Waals surface area (Å²) in [6.45, 7) is 6.64. The van der Waals surface area contributed by atoms with Gasteiger partial charge in [0.15, 0.2) is 11.5 Å². The summed E-state index contributed by atoms with van der Waals surface area (Å²) >= 11 is -3.31. The van der Waals surface area contributed by atoms with Crippen LogP contribution in [0.25, 0.3) is 0 Å². The highest BCUT2D eigenvalue weighted by Gasteiger charge is 2.24. The average Bonchev–Trinajstić information content (AvgIpc) is 3.55. The number of nitrogens with two attached hydrogens (primary N) is 1. The number of anilines is 2. The van der Waals surface area contributed by atoms with Crippen LogP contribution < -0.4 is 11.1 Å². The minimum absolute atomic E-state index is 0. The van der Waals surface area contributed by atoms with Gasteiger partial charge in [-0.05, 0) is 45.0 Å². The van der Waals surface area contributed by atoms with Gasteiger partial charge in [0.2, 0.25) is 5.84 Å². The van der Waals surface area contributed by atoms with Gasteiger partial charge >= 0.3 is 0 Å². The van der Waals surface area contributed by atoms with Crippen LogP contribution in [0.15, 0.2) is 54.0 Å². The zero-order chi connectivity index (χ0) is 35.3. The van der Waals surface area contributed by atoms with Gasteiger partial charge in [0.25, 0.3) is 51.9 Å². The Morgan fingerprint density at radius 1 is 0.729 bits per heavy atom. The topological polar surface area (TPSA) is 230 Å². The molecule has 2 heterocycles. The van der Waals surface area contributed by atoms with E-state index in [9.17, 15) is 28.2 Å². The minimum Gasteiger partial charge on any atom is -0.505 e. The van der Waals surface area contributed by atoms with Crippen molar-refractivity contribution in [1.29, 1.82) is 0 Å². The van der Waals surface area contributed by atoms with Gasteiger partial charge in [-0.25, -0.2) is 8.42 Å². The van der Waals surface area contributed by atoms with E-state index in [1.165, 1.54) is 21.9 Å². The molecular formula is C29H42N8O9S2. The van der Waals surface area contributed by atoms with E-state index in [0.29, 0.717) is 19.8 Å². The molecule has 2 amide bonds. The largest absolute Gasteiger partial charge is 0.505 e. The van der Waals surface area contributed by atoms with Crippen LogP contribution in [0.1, 0.15) is 48.9 Å². The van der Waals surface area contributed by atoms with Crippen molar-refractivity contribution in [1.82, 2.24) is 9.80 Å². The van der Waals surface area contributed by atoms with E-state index < -0.39 is 22.3 Å². The molecule has 1 unspecified atom stereocenters. The Labute approximate surface area is 284 Å². The Balaban J connectivity index is 0.000000381. The highest BCUT2D eigenvalue weighted by molar-refractivity contribution is 7.83. The Hall–Kier alpha value is -5.04. The van der Waals surface area contributed by atoms with Crippen molar-refractivity contribution in [3.63, 3.8) is 0 Å². The second-order valence-corrected chi connectivity index (χ2v) is 11.0. The van der Waals surface area contributed by atoms with Crippen molar-refractivity contribution >= 4 is 69.1 Å². The Morgan fingerprint density at radius 3 is 1.62 bits per heavy atom. The molecule has 2 aromatic carbocycles. The highest BCUT2D eigenvalue weighted by Crippen LogP contribution is 2.29. The molecule has 0 radical (unpaired) electrons. The molecule has 19 heteroatoms. The molecule has 17 nitrogen and oxygen atoms in total. The number of ether oxygens (including phenoxy) is 3. The van der Waals surface area contributed by atoms with E-state index in [-0.39, 0.29) is 76.8 Å². The van der Waals surface area contributed by atoms with Crippen molar-refractivity contribution in [2.75, 3.05) is 59.1 Å². The Bertz CT molecular complexity index is 1600. The summed E-state index contributed by atoms with van der Waals surface area (Å²) < 4.78 is 52.2. The van der Waals surface area contributed by atoms with Crippen molar-refractivity contribution in [2.24, 2.45) is 17.6 Å². The van der Waals surface area contributed by atoms with Crippen LogP contribution in [-0.2, 0) is 36.6 Å². The maximum atomic E-state index is 12.0. The number of phenolic OH excluding ortho intramolecular Hbond substituents is 2. The number of hydrogen-bond acceptors (Lipinski definition) is 11. The fraction of sp³-hybridized carbons (Fsp3) is 0.379. The first kappa shape index (κ1) is 41.0. The summed E-state index contributed by atoms with van der Waals surface area (Å²) in [7, 11) is 6.41. The molecule has 0 spiro atoms. The quantitative estimate of drug-likeness (QED) is 0.252. The first-order valence-corrected chi connectivity index (χ1v) is 16.1. The van der Waals surface area contributed by atoms with Crippen LogP contribution in [0.4, 0.5) is 11.4 Å². The maximum Gasteiger partial charge on any atom is 0.289 e. The summed E-state index contributed by atoms with van der Waals surface area (Å²) in [6, 6.07) is 9.40. The first-order valence-electron chi connectivity index (χ1n) is 13.9. The number of carbonyl (C=O) groups excluding carboxylic acids is 2. The smallest absolute Gasteiger partial charge is 0.289 e. The van der Waals surface area contributed by atoms with Crippen molar-refractivity contribution < 1.29 is 42.4 Å². The fourth-order valence-corrected chi connectivity index (χ4v) is 4.60. The molecule has 5 N–H and O–H groups in total. The first-order chi connectivity index (χ1) is 22.2. The lowest BCUT2D eigenvalue weighted by Crippen LogP contribution is -2.24. The van der Waals surface area contributed by atoms with E-state index in [1.807, 2.05) is 13.8 Å². The molecule has 0 bridgehead atoms. The number of nitrogens with one attached hydrogen (secondary N) is 1. The second-order valence-electron chi connectivity index (χ2n) is 9.36. The molecule has 2 aromatic rings. The van der Waals surface area contributed by atoms with Crippen LogP contribution in [-0.4, -0.2) is 112 Å². The maximum absolute atomic E-state index is 12.0. The lowest BCUT2D eigenvalue weighted by atomic mass is 10.1. The van der Waals surface area contributed by atoms with E-state index in [4.69, 9.17) is 19.9 Å². The number of para-hydroxylation sites is 2.